The number of nitrogens with two attached hydrogens (primary N) is 3. The number of imide groups is 1. The number of unbranched alkanes of at least 4 members (excludes halogenated alkanes) is 2. The van der Waals surface area contributed by atoms with Gasteiger partial charge < -0.3 is 64.2 Å². The molecule has 2 aromatic carbocycles. The molecular formula is C50H68N14O10. The predicted octanol–water partition coefficient (Wildman–Crippen LogP) is -0.568. The van der Waals surface area contributed by atoms with Crippen LogP contribution in [0.25, 0.3) is 10.9 Å². The fourth-order valence-corrected chi connectivity index (χ4v) is 8.62. The van der Waals surface area contributed by atoms with Crippen LogP contribution in [0.5, 0.6) is 0 Å². The highest BCUT2D eigenvalue weighted by atomic mass is 16.4. The van der Waals surface area contributed by atoms with E-state index in [0.717, 1.165) is 6.92 Å². The number of hydrogen-bond donors (Lipinski definition) is 12. The van der Waals surface area contributed by atoms with E-state index < -0.39 is 102 Å². The van der Waals surface area contributed by atoms with E-state index in [1.807, 2.05) is 13.0 Å². The smallest absolute Gasteiger partial charge is 0.306 e. The molecule has 1 aliphatic rings. The number of fused-ring (bicyclic) bond motifs is 1. The zero-order valence-corrected chi connectivity index (χ0v) is 41.6. The lowest BCUT2D eigenvalue weighted by atomic mass is 9.99. The molecule has 4 aromatic rings. The van der Waals surface area contributed by atoms with E-state index in [4.69, 9.17) is 17.2 Å². The highest BCUT2D eigenvalue weighted by Gasteiger charge is 2.44. The number of imidazole rings is 1. The van der Waals surface area contributed by atoms with Gasteiger partial charge in [0.05, 0.1) is 12.7 Å². The summed E-state index contributed by atoms with van der Waals surface area (Å²) in [5, 5.41) is 27.1. The van der Waals surface area contributed by atoms with Gasteiger partial charge >= 0.3 is 5.97 Å². The summed E-state index contributed by atoms with van der Waals surface area (Å²) in [4.78, 5) is 144. The van der Waals surface area contributed by atoms with Gasteiger partial charge in [0.25, 0.3) is 11.8 Å². The number of rotatable bonds is 21. The molecule has 24 nitrogen and oxygen atoms in total. The van der Waals surface area contributed by atoms with E-state index >= 15 is 9.59 Å². The summed E-state index contributed by atoms with van der Waals surface area (Å²) in [5.74, 6) is -9.71. The average Bonchev–Trinajstić information content (AvgIpc) is 4.04. The van der Waals surface area contributed by atoms with Gasteiger partial charge in [-0.05, 0) is 62.3 Å². The molecule has 1 unspecified atom stereocenters. The van der Waals surface area contributed by atoms with Gasteiger partial charge in [0, 0.05) is 61.7 Å². The fraction of sp³-hybridized carbons (Fsp3) is 0.460. The van der Waals surface area contributed by atoms with Crippen LogP contribution in [0.3, 0.4) is 0 Å². The van der Waals surface area contributed by atoms with Crippen LogP contribution in [-0.2, 0) is 62.4 Å². The SMILES string of the molecule is CCCCC(NC(C)=O)C(=O)N1C(=O)[C@@H](CCCCN)NC(=O)[C@H](Cc2c[nH]c3ccccc23)NC(=O)[C@@H](CCCN=C(N)N)NC(=O)[C@@H](Cc2ccccc2)NC(=O)[C@@H](Cc2cnc[nH]2)NC(=O)[C@@H]1CC(=O)O. The van der Waals surface area contributed by atoms with Crippen molar-refractivity contribution < 1.29 is 48.3 Å². The second kappa shape index (κ2) is 28.2. The molecule has 24 heteroatoms. The molecule has 74 heavy (non-hydrogen) atoms. The van der Waals surface area contributed by atoms with E-state index in [1.165, 1.54) is 12.5 Å². The van der Waals surface area contributed by atoms with Gasteiger partial charge in [0.1, 0.15) is 42.3 Å². The fourth-order valence-electron chi connectivity index (χ4n) is 8.62. The molecule has 2 aromatic heterocycles. The topological polar surface area (TPSA) is 384 Å². The standard InChI is InChI=1S/C50H68N14O10/c1-3-4-16-36(58-29(2)65)48(73)64-41(25-42(66)67)47(72)63-40(24-32-27-54-28-57-32)46(71)61-38(22-30-13-6-5-7-14-30)44(69)59-35(19-12-21-55-50(52)53)43(68)62-39(23-31-26-56-34-17-9-8-15-33(31)34)45(70)60-37(49(64)74)18-10-11-20-51/h5-9,13-15,17,26-28,35-41,56H,3-4,10-12,16,18-25,51H2,1-2H3,(H,54,57)(H,58,65)(H,59,69)(H,60,70)(H,61,71)(H,62,68)(H,63,72)(H,66,67)(H4,52,53,55)/t35-,36?,37-,38-,39+,40-,41+/m1/s1. The molecule has 15 N–H and O–H groups in total. The van der Waals surface area contributed by atoms with Crippen molar-refractivity contribution in [3.63, 3.8) is 0 Å². The van der Waals surface area contributed by atoms with Crippen LogP contribution < -0.4 is 49.1 Å². The Kier molecular flexibility index (Phi) is 21.6. The summed E-state index contributed by atoms with van der Waals surface area (Å²) < 4.78 is 0. The number of carbonyl (C=O) groups excluding carboxylic acids is 8. The van der Waals surface area contributed by atoms with Crippen molar-refractivity contribution in [3.05, 3.63) is 90.1 Å². The number of aromatic amines is 2. The summed E-state index contributed by atoms with van der Waals surface area (Å²) >= 11 is 0. The van der Waals surface area contributed by atoms with E-state index in [2.05, 4.69) is 51.8 Å². The lowest BCUT2D eigenvalue weighted by molar-refractivity contribution is -0.158. The minimum Gasteiger partial charge on any atom is -0.481 e. The average molecular weight is 1030 g/mol. The van der Waals surface area contributed by atoms with Crippen molar-refractivity contribution in [2.75, 3.05) is 13.1 Å². The molecule has 3 heterocycles. The Morgan fingerprint density at radius 1 is 0.743 bits per heavy atom. The number of carboxylic acids is 1. The number of carboxylic acid groups (broad SMARTS) is 1. The number of carbonyl (C=O) groups is 9. The van der Waals surface area contributed by atoms with Gasteiger partial charge in [-0.2, -0.15) is 0 Å². The summed E-state index contributed by atoms with van der Waals surface area (Å²) in [6, 6.07) is 4.51. The van der Waals surface area contributed by atoms with Gasteiger partial charge in [0.2, 0.25) is 35.4 Å². The number of guanidine groups is 1. The second-order valence-corrected chi connectivity index (χ2v) is 18.1. The number of aliphatic carboxylic acids is 1. The summed E-state index contributed by atoms with van der Waals surface area (Å²) in [6.07, 6.45) is 3.73. The third-order valence-electron chi connectivity index (χ3n) is 12.4. The van der Waals surface area contributed by atoms with Crippen molar-refractivity contribution in [3.8, 4) is 0 Å². The third kappa shape index (κ3) is 16.7. The summed E-state index contributed by atoms with van der Waals surface area (Å²) in [6.45, 7) is 3.17. The predicted molar refractivity (Wildman–Crippen MR) is 272 cm³/mol. The van der Waals surface area contributed by atoms with Crippen molar-refractivity contribution >= 4 is 70.1 Å². The molecule has 398 valence electrons. The number of para-hydroxylation sites is 1. The number of benzene rings is 2. The maximum atomic E-state index is 15.4. The minimum absolute atomic E-state index is 0.0358. The van der Waals surface area contributed by atoms with E-state index in [0.29, 0.717) is 51.9 Å². The number of aliphatic imine (C=N–C) groups is 1. The normalized spacial score (nSPS) is 20.7. The molecule has 0 aliphatic carbocycles. The third-order valence-corrected chi connectivity index (χ3v) is 12.4. The summed E-state index contributed by atoms with van der Waals surface area (Å²) in [7, 11) is 0. The first-order valence-electron chi connectivity index (χ1n) is 24.7. The molecular weight excluding hydrogens is 957 g/mol. The van der Waals surface area contributed by atoms with Gasteiger partial charge in [-0.3, -0.25) is 53.0 Å². The van der Waals surface area contributed by atoms with Crippen molar-refractivity contribution in [1.29, 1.82) is 0 Å². The van der Waals surface area contributed by atoms with Crippen LogP contribution in [0, 0.1) is 0 Å². The molecule has 0 spiro atoms. The number of amides is 8. The van der Waals surface area contributed by atoms with Crippen LogP contribution >= 0.6 is 0 Å². The lowest BCUT2D eigenvalue weighted by Gasteiger charge is -2.35. The van der Waals surface area contributed by atoms with Crippen LogP contribution in [0.4, 0.5) is 0 Å². The highest BCUT2D eigenvalue weighted by molar-refractivity contribution is 6.07. The quantitative estimate of drug-likeness (QED) is 0.0283. The number of aromatic nitrogens is 3. The van der Waals surface area contributed by atoms with E-state index in [9.17, 15) is 38.7 Å². The van der Waals surface area contributed by atoms with Gasteiger partial charge in [-0.15, -0.1) is 0 Å². The molecule has 0 radical (unpaired) electrons. The Labute approximate surface area is 427 Å². The maximum absolute atomic E-state index is 15.4. The number of nitrogens with one attached hydrogen (secondary N) is 8. The minimum atomic E-state index is -2.19. The van der Waals surface area contributed by atoms with E-state index in [-0.39, 0.29) is 70.4 Å². The zero-order chi connectivity index (χ0) is 53.7. The largest absolute Gasteiger partial charge is 0.481 e. The van der Waals surface area contributed by atoms with Crippen LogP contribution in [-0.4, -0.2) is 140 Å². The van der Waals surface area contributed by atoms with Gasteiger partial charge in [-0.25, -0.2) is 4.98 Å². The lowest BCUT2D eigenvalue weighted by Crippen LogP contribution is -2.65. The van der Waals surface area contributed by atoms with Crippen molar-refractivity contribution in [1.82, 2.24) is 51.8 Å². The van der Waals surface area contributed by atoms with Crippen LogP contribution in [0.1, 0.15) is 88.5 Å². The Balaban J connectivity index is 1.73. The maximum Gasteiger partial charge on any atom is 0.306 e. The van der Waals surface area contributed by atoms with Crippen LogP contribution in [0.2, 0.25) is 0 Å². The first-order chi connectivity index (χ1) is 35.5. The van der Waals surface area contributed by atoms with Crippen molar-refractivity contribution in [2.45, 2.75) is 133 Å². The Morgan fingerprint density at radius 2 is 1.35 bits per heavy atom. The van der Waals surface area contributed by atoms with E-state index in [1.54, 1.807) is 54.7 Å². The Bertz CT molecular complexity index is 2600. The van der Waals surface area contributed by atoms with Gasteiger partial charge in [-0.1, -0.05) is 68.3 Å². The number of nitrogens with zero attached hydrogens (tertiary/aromatic N) is 3. The Hall–Kier alpha value is -8.15. The monoisotopic (exact) mass is 1020 g/mol. The second-order valence-electron chi connectivity index (χ2n) is 18.1. The van der Waals surface area contributed by atoms with Crippen molar-refractivity contribution in [2.24, 2.45) is 22.2 Å². The summed E-state index contributed by atoms with van der Waals surface area (Å²) in [5.41, 5.74) is 19.2. The highest BCUT2D eigenvalue weighted by Crippen LogP contribution is 2.21. The molecule has 1 fully saturated rings. The molecule has 0 saturated carbocycles. The molecule has 1 aliphatic heterocycles. The Morgan fingerprint density at radius 3 is 1.99 bits per heavy atom. The first-order valence-corrected chi connectivity index (χ1v) is 24.7. The van der Waals surface area contributed by atoms with Crippen LogP contribution in [0.15, 0.2) is 78.3 Å². The molecule has 0 bridgehead atoms. The number of H-pyrrole nitrogens is 2. The zero-order valence-electron chi connectivity index (χ0n) is 41.6. The molecule has 8 amide bonds. The van der Waals surface area contributed by atoms with Gasteiger partial charge in [0.15, 0.2) is 5.96 Å². The number of hydrogen-bond acceptors (Lipinski definition) is 12. The first kappa shape index (κ1) is 56.8. The molecule has 1 saturated heterocycles. The molecule has 7 atom stereocenters. The molecule has 5 rings (SSSR count).